The highest BCUT2D eigenvalue weighted by Crippen LogP contribution is 2.25. The molecule has 1 aromatic carbocycles. The minimum absolute atomic E-state index is 0.149. The molecule has 3 aromatic heterocycles. The van der Waals surface area contributed by atoms with E-state index in [0.29, 0.717) is 23.8 Å². The number of aromatic nitrogens is 5. The van der Waals surface area contributed by atoms with E-state index in [9.17, 15) is 4.39 Å². The minimum Gasteiger partial charge on any atom is -0.453 e. The third-order valence-electron chi connectivity index (χ3n) is 3.57. The van der Waals surface area contributed by atoms with Crippen molar-refractivity contribution < 1.29 is 9.13 Å². The van der Waals surface area contributed by atoms with Crippen LogP contribution in [0.25, 0.3) is 11.0 Å². The van der Waals surface area contributed by atoms with Gasteiger partial charge in [-0.05, 0) is 29.8 Å². The highest BCUT2D eigenvalue weighted by molar-refractivity contribution is 5.85. The number of fused-ring (bicyclic) bond motifs is 1. The van der Waals surface area contributed by atoms with E-state index in [1.807, 2.05) is 0 Å². The van der Waals surface area contributed by atoms with Gasteiger partial charge in [0.2, 0.25) is 0 Å². The fraction of sp³-hybridized carbons (Fsp3) is 0.0588. The molecule has 0 atom stereocenters. The highest BCUT2D eigenvalue weighted by Gasteiger charge is 2.08. The van der Waals surface area contributed by atoms with Gasteiger partial charge in [0.1, 0.15) is 17.9 Å². The monoisotopic (exact) mass is 336 g/mol. The zero-order valence-electron chi connectivity index (χ0n) is 13.0. The lowest BCUT2D eigenvalue weighted by Gasteiger charge is -2.09. The molecule has 0 aliphatic heterocycles. The predicted molar refractivity (Wildman–Crippen MR) is 89.7 cm³/mol. The lowest BCUT2D eigenvalue weighted by Crippen LogP contribution is -2.03. The number of pyridine rings is 1. The molecule has 0 fully saturated rings. The van der Waals surface area contributed by atoms with Gasteiger partial charge in [-0.25, -0.2) is 14.4 Å². The molecule has 0 amide bonds. The van der Waals surface area contributed by atoms with Crippen LogP contribution in [0.5, 0.6) is 11.5 Å². The average molecular weight is 336 g/mol. The fourth-order valence-corrected chi connectivity index (χ4v) is 2.36. The molecule has 0 radical (unpaired) electrons. The summed E-state index contributed by atoms with van der Waals surface area (Å²) in [4.78, 5) is 12.2. The molecule has 3 heterocycles. The standard InChI is InChI=1S/C17H13FN6O/c18-14-6-11(3-4-15(14)25-12-2-1-5-19-8-12)7-20-16-13-9-23-24-17(13)22-10-21-16/h1-6,8-10H,7H2,(H2,20,21,22,23,24). The minimum atomic E-state index is -0.445. The van der Waals surface area contributed by atoms with Crippen molar-refractivity contribution in [3.63, 3.8) is 0 Å². The van der Waals surface area contributed by atoms with Crippen LogP contribution in [0.1, 0.15) is 5.56 Å². The molecule has 0 spiro atoms. The summed E-state index contributed by atoms with van der Waals surface area (Å²) in [5.74, 6) is 0.820. The molecule has 7 nitrogen and oxygen atoms in total. The van der Waals surface area contributed by atoms with Gasteiger partial charge in [-0.3, -0.25) is 10.1 Å². The Hall–Kier alpha value is -3.55. The number of benzene rings is 1. The Balaban J connectivity index is 1.48. The van der Waals surface area contributed by atoms with Crippen LogP contribution in [-0.2, 0) is 6.54 Å². The zero-order valence-corrected chi connectivity index (χ0v) is 13.0. The summed E-state index contributed by atoms with van der Waals surface area (Å²) in [7, 11) is 0. The van der Waals surface area contributed by atoms with Gasteiger partial charge in [-0.1, -0.05) is 6.07 Å². The maximum atomic E-state index is 14.3. The number of ether oxygens (including phenoxy) is 1. The number of anilines is 1. The molecule has 124 valence electrons. The number of nitrogens with one attached hydrogen (secondary N) is 2. The fourth-order valence-electron chi connectivity index (χ4n) is 2.36. The molecule has 0 saturated carbocycles. The van der Waals surface area contributed by atoms with Crippen molar-refractivity contribution in [1.82, 2.24) is 25.1 Å². The van der Waals surface area contributed by atoms with Crippen molar-refractivity contribution in [3.8, 4) is 11.5 Å². The Morgan fingerprint density at radius 3 is 2.96 bits per heavy atom. The topological polar surface area (TPSA) is 88.6 Å². The quantitative estimate of drug-likeness (QED) is 0.581. The van der Waals surface area contributed by atoms with Crippen molar-refractivity contribution in [2.24, 2.45) is 0 Å². The molecule has 0 aliphatic rings. The molecular weight excluding hydrogens is 323 g/mol. The largest absolute Gasteiger partial charge is 0.453 e. The summed E-state index contributed by atoms with van der Waals surface area (Å²) < 4.78 is 19.7. The number of halogens is 1. The molecule has 4 aromatic rings. The predicted octanol–water partition coefficient (Wildman–Crippen LogP) is 3.29. The van der Waals surface area contributed by atoms with Gasteiger partial charge < -0.3 is 10.1 Å². The summed E-state index contributed by atoms with van der Waals surface area (Å²) in [6.45, 7) is 0.404. The smallest absolute Gasteiger partial charge is 0.166 e. The first-order valence-corrected chi connectivity index (χ1v) is 7.54. The number of hydrogen-bond acceptors (Lipinski definition) is 6. The van der Waals surface area contributed by atoms with Crippen molar-refractivity contribution >= 4 is 16.9 Å². The number of rotatable bonds is 5. The Kier molecular flexibility index (Phi) is 3.91. The maximum Gasteiger partial charge on any atom is 0.166 e. The SMILES string of the molecule is Fc1cc(CNc2ncnc3[nH]ncc23)ccc1Oc1cccnc1. The summed E-state index contributed by atoms with van der Waals surface area (Å²) in [5, 5.41) is 10.6. The van der Waals surface area contributed by atoms with Gasteiger partial charge in [-0.15, -0.1) is 0 Å². The third kappa shape index (κ3) is 3.23. The van der Waals surface area contributed by atoms with Crippen LogP contribution in [-0.4, -0.2) is 25.1 Å². The van der Waals surface area contributed by atoms with Crippen molar-refractivity contribution in [2.45, 2.75) is 6.54 Å². The van der Waals surface area contributed by atoms with E-state index in [2.05, 4.69) is 30.5 Å². The molecule has 0 saturated heterocycles. The van der Waals surface area contributed by atoms with Crippen LogP contribution in [0.15, 0.2) is 55.2 Å². The Morgan fingerprint density at radius 1 is 1.16 bits per heavy atom. The molecule has 0 bridgehead atoms. The molecular formula is C17H13FN6O. The maximum absolute atomic E-state index is 14.3. The molecule has 2 N–H and O–H groups in total. The van der Waals surface area contributed by atoms with E-state index in [-0.39, 0.29) is 5.75 Å². The lowest BCUT2D eigenvalue weighted by atomic mass is 10.2. The third-order valence-corrected chi connectivity index (χ3v) is 3.57. The molecule has 8 heteroatoms. The van der Waals surface area contributed by atoms with Gasteiger partial charge in [0, 0.05) is 12.7 Å². The number of nitrogens with zero attached hydrogens (tertiary/aromatic N) is 4. The average Bonchev–Trinajstić information content (AvgIpc) is 3.12. The first-order chi connectivity index (χ1) is 12.3. The van der Waals surface area contributed by atoms with E-state index >= 15 is 0 Å². The van der Waals surface area contributed by atoms with Crippen LogP contribution in [0.4, 0.5) is 10.2 Å². The Morgan fingerprint density at radius 2 is 2.12 bits per heavy atom. The Bertz CT molecular complexity index is 1000. The van der Waals surface area contributed by atoms with Crippen LogP contribution in [0, 0.1) is 5.82 Å². The Labute approximate surface area is 141 Å². The normalized spacial score (nSPS) is 10.8. The summed E-state index contributed by atoms with van der Waals surface area (Å²) >= 11 is 0. The van der Waals surface area contributed by atoms with E-state index in [0.717, 1.165) is 10.9 Å². The van der Waals surface area contributed by atoms with Gasteiger partial charge in [0.05, 0.1) is 17.8 Å². The van der Waals surface area contributed by atoms with Crippen LogP contribution >= 0.6 is 0 Å². The summed E-state index contributed by atoms with van der Waals surface area (Å²) in [5.41, 5.74) is 1.40. The number of hydrogen-bond donors (Lipinski definition) is 2. The van der Waals surface area contributed by atoms with Gasteiger partial charge >= 0.3 is 0 Å². The van der Waals surface area contributed by atoms with E-state index < -0.39 is 5.82 Å². The molecule has 4 rings (SSSR count). The van der Waals surface area contributed by atoms with Gasteiger partial charge in [-0.2, -0.15) is 5.10 Å². The summed E-state index contributed by atoms with van der Waals surface area (Å²) in [6, 6.07) is 8.24. The van der Waals surface area contributed by atoms with Crippen molar-refractivity contribution in [2.75, 3.05) is 5.32 Å². The second kappa shape index (κ2) is 6.52. The van der Waals surface area contributed by atoms with E-state index in [1.165, 1.54) is 18.6 Å². The summed E-state index contributed by atoms with van der Waals surface area (Å²) in [6.07, 6.45) is 6.24. The lowest BCUT2D eigenvalue weighted by molar-refractivity contribution is 0.440. The molecule has 0 aliphatic carbocycles. The van der Waals surface area contributed by atoms with E-state index in [4.69, 9.17) is 4.74 Å². The van der Waals surface area contributed by atoms with Crippen LogP contribution in [0.2, 0.25) is 0 Å². The second-order valence-electron chi connectivity index (χ2n) is 5.26. The van der Waals surface area contributed by atoms with E-state index in [1.54, 1.807) is 36.7 Å². The van der Waals surface area contributed by atoms with Crippen LogP contribution in [0.3, 0.4) is 0 Å². The highest BCUT2D eigenvalue weighted by atomic mass is 19.1. The zero-order chi connectivity index (χ0) is 17.1. The van der Waals surface area contributed by atoms with Gasteiger partial charge in [0.25, 0.3) is 0 Å². The second-order valence-corrected chi connectivity index (χ2v) is 5.26. The van der Waals surface area contributed by atoms with Gasteiger partial charge in [0.15, 0.2) is 17.2 Å². The molecule has 25 heavy (non-hydrogen) atoms. The van der Waals surface area contributed by atoms with Crippen molar-refractivity contribution in [1.29, 1.82) is 0 Å². The first kappa shape index (κ1) is 15.0. The number of H-pyrrole nitrogens is 1. The first-order valence-electron chi connectivity index (χ1n) is 7.54. The van der Waals surface area contributed by atoms with Crippen LogP contribution < -0.4 is 10.1 Å². The van der Waals surface area contributed by atoms with Crippen molar-refractivity contribution in [3.05, 3.63) is 66.6 Å². The molecule has 0 unspecified atom stereocenters. The number of aromatic amines is 1.